The fourth-order valence-corrected chi connectivity index (χ4v) is 4.08. The van der Waals surface area contributed by atoms with E-state index in [4.69, 9.17) is 9.47 Å². The van der Waals surface area contributed by atoms with Crippen molar-refractivity contribution in [2.24, 2.45) is 0 Å². The molecule has 22 heavy (non-hydrogen) atoms. The van der Waals surface area contributed by atoms with Crippen LogP contribution in [0.4, 0.5) is 0 Å². The molecule has 1 aromatic carbocycles. The third-order valence-electron chi connectivity index (χ3n) is 5.15. The van der Waals surface area contributed by atoms with E-state index >= 15 is 0 Å². The summed E-state index contributed by atoms with van der Waals surface area (Å²) in [5.74, 6) is 1.68. The van der Waals surface area contributed by atoms with Gasteiger partial charge in [-0.1, -0.05) is 18.2 Å². The summed E-state index contributed by atoms with van der Waals surface area (Å²) in [7, 11) is 3.84. The van der Waals surface area contributed by atoms with Crippen LogP contribution in [0.5, 0.6) is 11.5 Å². The van der Waals surface area contributed by atoms with E-state index in [1.165, 1.54) is 11.1 Å². The van der Waals surface area contributed by atoms with Crippen molar-refractivity contribution >= 4 is 0 Å². The van der Waals surface area contributed by atoms with Crippen molar-refractivity contribution in [1.29, 1.82) is 0 Å². The summed E-state index contributed by atoms with van der Waals surface area (Å²) in [6, 6.07) is 4.16. The topological polar surface area (TPSA) is 41.9 Å². The molecule has 1 N–H and O–H groups in total. The number of aliphatic hydroxyl groups is 1. The number of hydrogen-bond acceptors (Lipinski definition) is 4. The minimum atomic E-state index is -0.412. The Morgan fingerprint density at radius 1 is 1.41 bits per heavy atom. The molecule has 0 amide bonds. The monoisotopic (exact) mass is 514 g/mol. The Morgan fingerprint density at radius 3 is 3.00 bits per heavy atom. The quantitative estimate of drug-likeness (QED) is 0.582. The van der Waals surface area contributed by atoms with E-state index in [1.807, 2.05) is 12.1 Å². The Labute approximate surface area is 167 Å². The Hall–Kier alpha value is -0.0784. The van der Waals surface area contributed by atoms with Crippen LogP contribution in [0.2, 0.25) is 0 Å². The molecule has 0 saturated heterocycles. The predicted molar refractivity (Wildman–Crippen MR) is 79.8 cm³/mol. The first-order valence-corrected chi connectivity index (χ1v) is 7.57. The third kappa shape index (κ3) is 2.36. The molecule has 1 spiro atoms. The number of methoxy groups -OCH3 is 1. The summed E-state index contributed by atoms with van der Waals surface area (Å²) in [4.78, 5) is 2.35. The third-order valence-corrected chi connectivity index (χ3v) is 5.15. The molecule has 2 heterocycles. The van der Waals surface area contributed by atoms with Gasteiger partial charge >= 0.3 is 0 Å². The molecule has 4 nitrogen and oxygen atoms in total. The van der Waals surface area contributed by atoms with E-state index in [0.29, 0.717) is 6.42 Å². The van der Waals surface area contributed by atoms with Gasteiger partial charge in [-0.05, 0) is 31.6 Å². The zero-order chi connectivity index (χ0) is 14.6. The fraction of sp³-hybridized carbons (Fsp3) is 0.529. The summed E-state index contributed by atoms with van der Waals surface area (Å²) >= 11 is 0. The van der Waals surface area contributed by atoms with Crippen molar-refractivity contribution < 1.29 is 58.6 Å². The van der Waals surface area contributed by atoms with Crippen LogP contribution in [0, 0.1) is 44.1 Å². The number of nitrogens with zero attached hydrogens (tertiary/aromatic N) is 1. The molecule has 4 rings (SSSR count). The SMILES string of the molecule is COc1ccc2c3c1OC1CC(O)C=CC31CCN(C)C2.[Ac]. The second kappa shape index (κ2) is 6.09. The van der Waals surface area contributed by atoms with Gasteiger partial charge in [0.25, 0.3) is 0 Å². The molecule has 5 heteroatoms. The molecule has 115 valence electrons. The van der Waals surface area contributed by atoms with Gasteiger partial charge in [-0.25, -0.2) is 0 Å². The molecule has 3 aliphatic rings. The van der Waals surface area contributed by atoms with Gasteiger partial charge in [0.2, 0.25) is 0 Å². The molecule has 0 saturated carbocycles. The van der Waals surface area contributed by atoms with Crippen LogP contribution in [-0.4, -0.2) is 42.9 Å². The molecule has 3 unspecified atom stereocenters. The number of ether oxygens (including phenoxy) is 2. The van der Waals surface area contributed by atoms with Crippen molar-refractivity contribution in [2.45, 2.75) is 37.0 Å². The van der Waals surface area contributed by atoms with Crippen LogP contribution in [0.15, 0.2) is 24.3 Å². The van der Waals surface area contributed by atoms with E-state index in [9.17, 15) is 5.11 Å². The van der Waals surface area contributed by atoms with Gasteiger partial charge in [0.05, 0.1) is 18.6 Å². The van der Waals surface area contributed by atoms with E-state index in [0.717, 1.165) is 31.0 Å². The molecular formula is C17H21AcNO3. The van der Waals surface area contributed by atoms with Crippen LogP contribution in [0.25, 0.3) is 0 Å². The first-order valence-electron chi connectivity index (χ1n) is 7.57. The minimum Gasteiger partial charge on any atom is -0.493 e. The molecule has 1 aliphatic carbocycles. The molecule has 1 radical (unpaired) electrons. The Bertz CT molecular complexity index is 618. The second-order valence-electron chi connectivity index (χ2n) is 6.43. The van der Waals surface area contributed by atoms with Crippen LogP contribution in [0.3, 0.4) is 0 Å². The van der Waals surface area contributed by atoms with Gasteiger partial charge in [0.15, 0.2) is 11.5 Å². The van der Waals surface area contributed by atoms with Gasteiger partial charge in [-0.3, -0.25) is 0 Å². The number of benzene rings is 1. The summed E-state index contributed by atoms with van der Waals surface area (Å²) < 4.78 is 11.8. The number of rotatable bonds is 1. The molecule has 2 aliphatic heterocycles. The zero-order valence-electron chi connectivity index (χ0n) is 13.1. The minimum absolute atomic E-state index is 0. The first-order chi connectivity index (χ1) is 10.1. The summed E-state index contributed by atoms with van der Waals surface area (Å²) in [6.45, 7) is 1.96. The zero-order valence-corrected chi connectivity index (χ0v) is 17.8. The smallest absolute Gasteiger partial charge is 0.166 e. The number of aliphatic hydroxyl groups excluding tert-OH is 1. The molecule has 1 aromatic rings. The Balaban J connectivity index is 0.00000144. The maximum atomic E-state index is 9.97. The maximum Gasteiger partial charge on any atom is 0.166 e. The normalized spacial score (nSPS) is 32.3. The van der Waals surface area contributed by atoms with Gasteiger partial charge in [-0.15, -0.1) is 0 Å². The number of hydrogen-bond donors (Lipinski definition) is 1. The second-order valence-corrected chi connectivity index (χ2v) is 6.43. The molecule has 0 fully saturated rings. The molecule has 3 atom stereocenters. The van der Waals surface area contributed by atoms with Gasteiger partial charge in [0, 0.05) is 62.6 Å². The van der Waals surface area contributed by atoms with Crippen LogP contribution >= 0.6 is 0 Å². The van der Waals surface area contributed by atoms with E-state index in [2.05, 4.69) is 24.1 Å². The van der Waals surface area contributed by atoms with Crippen molar-refractivity contribution in [1.82, 2.24) is 4.90 Å². The van der Waals surface area contributed by atoms with Gasteiger partial charge < -0.3 is 19.5 Å². The fourth-order valence-electron chi connectivity index (χ4n) is 4.08. The molecule has 0 bridgehead atoms. The van der Waals surface area contributed by atoms with E-state index in [-0.39, 0.29) is 55.6 Å². The van der Waals surface area contributed by atoms with Gasteiger partial charge in [-0.2, -0.15) is 0 Å². The largest absolute Gasteiger partial charge is 0.493 e. The Kier molecular flexibility index (Phi) is 4.64. The van der Waals surface area contributed by atoms with Crippen molar-refractivity contribution in [3.05, 3.63) is 35.4 Å². The van der Waals surface area contributed by atoms with Crippen molar-refractivity contribution in [2.75, 3.05) is 20.7 Å². The van der Waals surface area contributed by atoms with Crippen molar-refractivity contribution in [3.8, 4) is 11.5 Å². The summed E-state index contributed by atoms with van der Waals surface area (Å²) in [6.07, 6.45) is 5.38. The van der Waals surface area contributed by atoms with Crippen LogP contribution in [0.1, 0.15) is 24.0 Å². The molecular weight excluding hydrogens is 493 g/mol. The van der Waals surface area contributed by atoms with Crippen LogP contribution < -0.4 is 9.47 Å². The van der Waals surface area contributed by atoms with E-state index in [1.54, 1.807) is 7.11 Å². The van der Waals surface area contributed by atoms with E-state index < -0.39 is 6.10 Å². The van der Waals surface area contributed by atoms with Gasteiger partial charge in [0.1, 0.15) is 6.10 Å². The van der Waals surface area contributed by atoms with Crippen LogP contribution in [-0.2, 0) is 12.0 Å². The first kappa shape index (κ1) is 16.8. The predicted octanol–water partition coefficient (Wildman–Crippen LogP) is 1.85. The molecule has 0 aromatic heterocycles. The standard InChI is InChI=1S/C17H21NO3.Ac/c1-18-8-7-17-6-5-12(19)9-14(17)21-16-13(20-2)4-3-11(10-18)15(16)17;/h3-6,12,14,19H,7-10H2,1-2H3;. The Morgan fingerprint density at radius 2 is 2.23 bits per heavy atom. The summed E-state index contributed by atoms with van der Waals surface area (Å²) in [5, 5.41) is 9.97. The average molecular weight is 514 g/mol. The summed E-state index contributed by atoms with van der Waals surface area (Å²) in [5.41, 5.74) is 2.48. The average Bonchev–Trinajstić information content (AvgIpc) is 2.72. The van der Waals surface area contributed by atoms with Crippen molar-refractivity contribution in [3.63, 3.8) is 0 Å². The maximum absolute atomic E-state index is 9.97.